The second-order valence-corrected chi connectivity index (χ2v) is 9.41. The van der Waals surface area contributed by atoms with Gasteiger partial charge in [-0.2, -0.15) is 0 Å². The van der Waals surface area contributed by atoms with Crippen LogP contribution in [-0.4, -0.2) is 21.8 Å². The Kier molecular flexibility index (Phi) is 3.06. The number of aliphatic carboxylic acids is 1. The van der Waals surface area contributed by atoms with Gasteiger partial charge in [0.15, 0.2) is 0 Å². The molecule has 0 unspecified atom stereocenters. The first-order chi connectivity index (χ1) is 10.3. The zero-order chi connectivity index (χ0) is 15.8. The lowest BCUT2D eigenvalue weighted by Crippen LogP contribution is -2.58. The van der Waals surface area contributed by atoms with Gasteiger partial charge in [0.25, 0.3) is 0 Å². The molecule has 0 saturated heterocycles. The van der Waals surface area contributed by atoms with Crippen LogP contribution in [0.4, 0.5) is 0 Å². The van der Waals surface area contributed by atoms with E-state index in [1.165, 1.54) is 12.8 Å². The molecule has 4 rings (SSSR count). The predicted octanol–water partition coefficient (Wildman–Crippen LogP) is 3.84. The van der Waals surface area contributed by atoms with E-state index in [2.05, 4.69) is 6.92 Å². The monoisotopic (exact) mass is 306 g/mol. The van der Waals surface area contributed by atoms with Crippen LogP contribution in [0.2, 0.25) is 0 Å². The molecule has 4 aliphatic rings. The van der Waals surface area contributed by atoms with Gasteiger partial charge in [-0.3, -0.25) is 4.79 Å². The maximum absolute atomic E-state index is 11.6. The molecule has 0 aromatic rings. The van der Waals surface area contributed by atoms with Crippen molar-refractivity contribution in [3.05, 3.63) is 0 Å². The molecule has 3 heteroatoms. The first-order valence-electron chi connectivity index (χ1n) is 9.24. The van der Waals surface area contributed by atoms with E-state index in [0.29, 0.717) is 17.8 Å². The fourth-order valence-corrected chi connectivity index (χ4v) is 7.70. The molecule has 22 heavy (non-hydrogen) atoms. The van der Waals surface area contributed by atoms with Gasteiger partial charge in [0.2, 0.25) is 0 Å². The fourth-order valence-electron chi connectivity index (χ4n) is 7.70. The van der Waals surface area contributed by atoms with Crippen molar-refractivity contribution in [1.29, 1.82) is 0 Å². The van der Waals surface area contributed by atoms with E-state index in [1.807, 2.05) is 6.92 Å². The van der Waals surface area contributed by atoms with Gasteiger partial charge in [0, 0.05) is 0 Å². The molecule has 0 heterocycles. The maximum atomic E-state index is 11.6. The molecule has 0 aromatic carbocycles. The predicted molar refractivity (Wildman–Crippen MR) is 84.3 cm³/mol. The van der Waals surface area contributed by atoms with Crippen LogP contribution in [0, 0.1) is 34.5 Å². The molecule has 0 amide bonds. The second kappa shape index (κ2) is 4.49. The van der Waals surface area contributed by atoms with Crippen molar-refractivity contribution in [2.45, 2.75) is 77.2 Å². The Bertz CT molecular complexity index is 499. The Hall–Kier alpha value is -0.570. The highest BCUT2D eigenvalue weighted by Crippen LogP contribution is 2.71. The van der Waals surface area contributed by atoms with Crippen LogP contribution < -0.4 is 0 Å². The summed E-state index contributed by atoms with van der Waals surface area (Å²) in [6, 6.07) is 0. The van der Waals surface area contributed by atoms with E-state index >= 15 is 0 Å². The van der Waals surface area contributed by atoms with Crippen molar-refractivity contribution in [2.75, 3.05) is 0 Å². The first kappa shape index (κ1) is 15.0. The summed E-state index contributed by atoms with van der Waals surface area (Å²) in [5.74, 6) is 0.786. The molecule has 4 saturated carbocycles. The van der Waals surface area contributed by atoms with Gasteiger partial charge >= 0.3 is 5.97 Å². The summed E-state index contributed by atoms with van der Waals surface area (Å²) in [6.45, 7) is 4.47. The number of carbonyl (C=O) groups is 1. The lowest BCUT2D eigenvalue weighted by atomic mass is 9.43. The number of rotatable bonds is 1. The average Bonchev–Trinajstić information content (AvgIpc) is 2.69. The van der Waals surface area contributed by atoms with E-state index in [1.54, 1.807) is 0 Å². The van der Waals surface area contributed by atoms with Gasteiger partial charge in [-0.15, -0.1) is 0 Å². The minimum Gasteiger partial charge on any atom is -0.481 e. The highest BCUT2D eigenvalue weighted by Gasteiger charge is 2.65. The van der Waals surface area contributed by atoms with E-state index in [0.717, 1.165) is 44.9 Å². The SMILES string of the molecule is C[C@@]12CCC[C@@](C)(O)[C@H]1CC[C@@]13C[C@@H](CC[C@H]12)[C@H](C(=O)O)C3. The van der Waals surface area contributed by atoms with E-state index in [-0.39, 0.29) is 16.7 Å². The molecule has 2 N–H and O–H groups in total. The van der Waals surface area contributed by atoms with Crippen LogP contribution in [0.25, 0.3) is 0 Å². The quantitative estimate of drug-likeness (QED) is 0.773. The van der Waals surface area contributed by atoms with Crippen LogP contribution in [0.15, 0.2) is 0 Å². The Balaban J connectivity index is 1.70. The third kappa shape index (κ3) is 1.81. The standard InChI is InChI=1S/C19H30O3/c1-17-7-3-8-18(2,22)14(17)6-9-19-10-12(4-5-15(17)19)13(11-19)16(20)21/h12-15,22H,3-11H2,1-2H3,(H,20,21)/t12-,13-,14+,15+,17-,18-,19+/m1/s1. The molecule has 4 aliphatic carbocycles. The third-order valence-electron chi connectivity index (χ3n) is 8.42. The molecule has 124 valence electrons. The Morgan fingerprint density at radius 1 is 1.00 bits per heavy atom. The van der Waals surface area contributed by atoms with Crippen LogP contribution in [0.1, 0.15) is 71.6 Å². The fraction of sp³-hybridized carbons (Fsp3) is 0.947. The number of carboxylic acids is 1. The summed E-state index contributed by atoms with van der Waals surface area (Å²) in [4.78, 5) is 11.6. The maximum Gasteiger partial charge on any atom is 0.306 e. The number of fused-ring (bicyclic) bond motifs is 3. The molecule has 4 fully saturated rings. The third-order valence-corrected chi connectivity index (χ3v) is 8.42. The average molecular weight is 306 g/mol. The van der Waals surface area contributed by atoms with Gasteiger partial charge < -0.3 is 10.2 Å². The number of hydrogen-bond acceptors (Lipinski definition) is 2. The second-order valence-electron chi connectivity index (χ2n) is 9.41. The summed E-state index contributed by atoms with van der Waals surface area (Å²) in [7, 11) is 0. The summed E-state index contributed by atoms with van der Waals surface area (Å²) < 4.78 is 0. The van der Waals surface area contributed by atoms with Crippen LogP contribution >= 0.6 is 0 Å². The minimum atomic E-state index is -0.564. The molecule has 1 spiro atoms. The topological polar surface area (TPSA) is 57.5 Å². The van der Waals surface area contributed by atoms with E-state index in [9.17, 15) is 15.0 Å². The molecule has 7 atom stereocenters. The normalized spacial score (nSPS) is 57.0. The van der Waals surface area contributed by atoms with Crippen LogP contribution in [-0.2, 0) is 4.79 Å². The molecule has 3 nitrogen and oxygen atoms in total. The first-order valence-corrected chi connectivity index (χ1v) is 9.24. The Morgan fingerprint density at radius 2 is 1.77 bits per heavy atom. The molecule has 0 radical (unpaired) electrons. The minimum absolute atomic E-state index is 0.103. The summed E-state index contributed by atoms with van der Waals surface area (Å²) in [6.07, 6.45) is 9.86. The summed E-state index contributed by atoms with van der Waals surface area (Å²) >= 11 is 0. The smallest absolute Gasteiger partial charge is 0.306 e. The molecule has 0 aromatic heterocycles. The summed E-state index contributed by atoms with van der Waals surface area (Å²) in [5.41, 5.74) is -0.0285. The van der Waals surface area contributed by atoms with Crippen molar-refractivity contribution < 1.29 is 15.0 Å². The zero-order valence-corrected chi connectivity index (χ0v) is 14.0. The van der Waals surface area contributed by atoms with E-state index in [4.69, 9.17) is 0 Å². The largest absolute Gasteiger partial charge is 0.481 e. The number of aliphatic hydroxyl groups is 1. The molecule has 0 aliphatic heterocycles. The van der Waals surface area contributed by atoms with Gasteiger partial charge in [-0.1, -0.05) is 13.3 Å². The van der Waals surface area contributed by atoms with Crippen molar-refractivity contribution in [2.24, 2.45) is 34.5 Å². The van der Waals surface area contributed by atoms with Gasteiger partial charge in [-0.05, 0) is 86.9 Å². The Labute approximate surface area is 133 Å². The lowest BCUT2D eigenvalue weighted by Gasteiger charge is -2.63. The molecular formula is C19H30O3. The van der Waals surface area contributed by atoms with Crippen LogP contribution in [0.5, 0.6) is 0 Å². The number of hydrogen-bond donors (Lipinski definition) is 2. The molecule has 2 bridgehead atoms. The van der Waals surface area contributed by atoms with Crippen molar-refractivity contribution >= 4 is 5.97 Å². The Morgan fingerprint density at radius 3 is 2.50 bits per heavy atom. The van der Waals surface area contributed by atoms with Gasteiger partial charge in [-0.25, -0.2) is 0 Å². The van der Waals surface area contributed by atoms with Crippen LogP contribution in [0.3, 0.4) is 0 Å². The summed E-state index contributed by atoms with van der Waals surface area (Å²) in [5, 5.41) is 20.5. The van der Waals surface area contributed by atoms with E-state index < -0.39 is 11.6 Å². The van der Waals surface area contributed by atoms with Gasteiger partial charge in [0.05, 0.1) is 11.5 Å². The lowest BCUT2D eigenvalue weighted by molar-refractivity contribution is -0.180. The van der Waals surface area contributed by atoms with Crippen molar-refractivity contribution in [3.8, 4) is 0 Å². The van der Waals surface area contributed by atoms with Crippen molar-refractivity contribution in [3.63, 3.8) is 0 Å². The van der Waals surface area contributed by atoms with Crippen molar-refractivity contribution in [1.82, 2.24) is 0 Å². The zero-order valence-electron chi connectivity index (χ0n) is 14.0. The van der Waals surface area contributed by atoms with Gasteiger partial charge in [0.1, 0.15) is 0 Å². The number of carboxylic acid groups (broad SMARTS) is 1. The molecular weight excluding hydrogens is 276 g/mol. The highest BCUT2D eigenvalue weighted by atomic mass is 16.4. The highest BCUT2D eigenvalue weighted by molar-refractivity contribution is 5.71.